The Labute approximate surface area is 181 Å². The van der Waals surface area contributed by atoms with Crippen molar-refractivity contribution in [2.24, 2.45) is 0 Å². The number of aromatic nitrogens is 1. The fourth-order valence-corrected chi connectivity index (χ4v) is 4.47. The molecule has 0 bridgehead atoms. The summed E-state index contributed by atoms with van der Waals surface area (Å²) in [6.45, 7) is 0. The number of ether oxygens (including phenoxy) is 1. The van der Waals surface area contributed by atoms with Crippen LogP contribution < -0.4 is 10.4 Å². The number of hydrogen-bond donors (Lipinski definition) is 0. The van der Waals surface area contributed by atoms with Crippen LogP contribution in [0.25, 0.3) is 27.6 Å². The van der Waals surface area contributed by atoms with E-state index < -0.39 is 5.63 Å². The molecule has 0 saturated heterocycles. The molecule has 0 aliphatic heterocycles. The van der Waals surface area contributed by atoms with Crippen molar-refractivity contribution in [1.82, 2.24) is 4.57 Å². The molecule has 2 heterocycles. The van der Waals surface area contributed by atoms with Gasteiger partial charge in [0.2, 0.25) is 5.78 Å². The number of carbonyl (C=O) groups excluding carboxylic acids is 2. The molecule has 1 aliphatic rings. The number of rotatable bonds is 2. The van der Waals surface area contributed by atoms with E-state index in [9.17, 15) is 14.4 Å². The molecule has 6 rings (SSSR count). The molecule has 1 aliphatic carbocycles. The molecule has 0 radical (unpaired) electrons. The minimum absolute atomic E-state index is 0.113. The number of benzene rings is 3. The number of methoxy groups -OCH3 is 1. The maximum atomic E-state index is 13.6. The molecule has 0 N–H and O–H groups in total. The van der Waals surface area contributed by atoms with Gasteiger partial charge in [-0.1, -0.05) is 42.5 Å². The van der Waals surface area contributed by atoms with Gasteiger partial charge in [-0.25, -0.2) is 4.79 Å². The quantitative estimate of drug-likeness (QED) is 0.411. The van der Waals surface area contributed by atoms with Crippen LogP contribution in [-0.4, -0.2) is 23.2 Å². The second kappa shape index (κ2) is 6.52. The van der Waals surface area contributed by atoms with Crippen LogP contribution in [0.2, 0.25) is 0 Å². The van der Waals surface area contributed by atoms with Crippen LogP contribution in [0.4, 0.5) is 0 Å². The molecule has 32 heavy (non-hydrogen) atoms. The molecule has 0 amide bonds. The summed E-state index contributed by atoms with van der Waals surface area (Å²) in [7, 11) is 1.57. The van der Waals surface area contributed by atoms with Gasteiger partial charge in [0.15, 0.2) is 11.4 Å². The predicted molar refractivity (Wildman–Crippen MR) is 119 cm³/mol. The zero-order chi connectivity index (χ0) is 22.0. The lowest BCUT2D eigenvalue weighted by Gasteiger charge is -2.17. The molecule has 2 aromatic heterocycles. The van der Waals surface area contributed by atoms with Crippen LogP contribution in [0.1, 0.15) is 32.0 Å². The Balaban J connectivity index is 1.84. The van der Waals surface area contributed by atoms with Crippen molar-refractivity contribution in [2.75, 3.05) is 7.11 Å². The summed E-state index contributed by atoms with van der Waals surface area (Å²) in [5, 5.41) is 0.982. The van der Waals surface area contributed by atoms with Gasteiger partial charge >= 0.3 is 5.63 Å². The first-order valence-electron chi connectivity index (χ1n) is 10.0. The molecule has 6 heteroatoms. The fraction of sp³-hybridized carbons (Fsp3) is 0.0385. The highest BCUT2D eigenvalue weighted by molar-refractivity contribution is 6.33. The number of carbonyl (C=O) groups is 2. The first kappa shape index (κ1) is 18.3. The van der Waals surface area contributed by atoms with Gasteiger partial charge in [-0.05, 0) is 30.3 Å². The zero-order valence-electron chi connectivity index (χ0n) is 16.9. The average molecular weight is 421 g/mol. The summed E-state index contributed by atoms with van der Waals surface area (Å²) >= 11 is 0. The average Bonchev–Trinajstić information content (AvgIpc) is 3.18. The van der Waals surface area contributed by atoms with E-state index in [1.165, 1.54) is 0 Å². The lowest BCUT2D eigenvalue weighted by atomic mass is 9.88. The first-order valence-corrected chi connectivity index (χ1v) is 10.0. The van der Waals surface area contributed by atoms with E-state index in [4.69, 9.17) is 9.15 Å². The smallest absolute Gasteiger partial charge is 0.344 e. The Kier molecular flexibility index (Phi) is 3.74. The summed E-state index contributed by atoms with van der Waals surface area (Å²) < 4.78 is 12.7. The SMILES string of the molecule is COc1ccc(-n2c3c(c4oc(=O)c5ccccc5c42)C(=O)c2ccccc2C3=O)cc1. The van der Waals surface area contributed by atoms with Crippen molar-refractivity contribution in [1.29, 1.82) is 0 Å². The Hall–Kier alpha value is -4.45. The van der Waals surface area contributed by atoms with Gasteiger partial charge in [-0.3, -0.25) is 9.59 Å². The topological polar surface area (TPSA) is 78.5 Å². The second-order valence-corrected chi connectivity index (χ2v) is 7.57. The van der Waals surface area contributed by atoms with Crippen LogP contribution in [0.15, 0.2) is 82.0 Å². The summed E-state index contributed by atoms with van der Waals surface area (Å²) in [4.78, 5) is 39.9. The molecular formula is C26H15NO5. The highest BCUT2D eigenvalue weighted by Crippen LogP contribution is 2.39. The monoisotopic (exact) mass is 421 g/mol. The van der Waals surface area contributed by atoms with Gasteiger partial charge in [0, 0.05) is 22.2 Å². The zero-order valence-corrected chi connectivity index (χ0v) is 16.9. The highest BCUT2D eigenvalue weighted by Gasteiger charge is 2.38. The van der Waals surface area contributed by atoms with Crippen molar-refractivity contribution in [3.05, 3.63) is 106 Å². The van der Waals surface area contributed by atoms with E-state index >= 15 is 0 Å². The van der Waals surface area contributed by atoms with Crippen molar-refractivity contribution >= 4 is 33.4 Å². The summed E-state index contributed by atoms with van der Waals surface area (Å²) in [5.41, 5.74) is 1.65. The van der Waals surface area contributed by atoms with Gasteiger partial charge in [0.05, 0.1) is 23.6 Å². The molecule has 6 nitrogen and oxygen atoms in total. The molecule has 154 valence electrons. The Bertz CT molecular complexity index is 1650. The number of fused-ring (bicyclic) bond motifs is 6. The lowest BCUT2D eigenvalue weighted by molar-refractivity contribution is 0.0975. The minimum Gasteiger partial charge on any atom is -0.497 e. The fourth-order valence-electron chi connectivity index (χ4n) is 4.47. The molecule has 0 fully saturated rings. The molecule has 0 atom stereocenters. The normalized spacial score (nSPS) is 12.8. The van der Waals surface area contributed by atoms with Crippen molar-refractivity contribution < 1.29 is 18.7 Å². The molecule has 0 saturated carbocycles. The molecular weight excluding hydrogens is 406 g/mol. The van der Waals surface area contributed by atoms with E-state index in [1.54, 1.807) is 78.4 Å². The standard InChI is InChI=1S/C26H15NO5/c1-31-15-12-10-14(11-13-15)27-21-16-6-2-5-9-19(16)26(30)32-25(21)20-22(27)24(29)18-8-4-3-7-17(18)23(20)28/h2-13H,1H3. The Morgan fingerprint density at radius 1 is 0.750 bits per heavy atom. The minimum atomic E-state index is -0.554. The van der Waals surface area contributed by atoms with Gasteiger partial charge in [0.1, 0.15) is 11.4 Å². The Morgan fingerprint density at radius 2 is 1.38 bits per heavy atom. The van der Waals surface area contributed by atoms with E-state index in [-0.39, 0.29) is 28.4 Å². The third kappa shape index (κ3) is 2.32. The van der Waals surface area contributed by atoms with Crippen molar-refractivity contribution in [2.45, 2.75) is 0 Å². The molecule has 0 spiro atoms. The maximum Gasteiger partial charge on any atom is 0.344 e. The van der Waals surface area contributed by atoms with Crippen LogP contribution in [0, 0.1) is 0 Å². The summed E-state index contributed by atoms with van der Waals surface area (Å²) in [6, 6.07) is 20.9. The van der Waals surface area contributed by atoms with Crippen LogP contribution in [-0.2, 0) is 0 Å². The van der Waals surface area contributed by atoms with Crippen LogP contribution >= 0.6 is 0 Å². The number of ketones is 2. The largest absolute Gasteiger partial charge is 0.497 e. The second-order valence-electron chi connectivity index (χ2n) is 7.57. The highest BCUT2D eigenvalue weighted by atomic mass is 16.5. The van der Waals surface area contributed by atoms with E-state index in [1.807, 2.05) is 6.07 Å². The van der Waals surface area contributed by atoms with E-state index in [0.717, 1.165) is 0 Å². The van der Waals surface area contributed by atoms with Crippen LogP contribution in [0.5, 0.6) is 5.75 Å². The molecule has 0 unspecified atom stereocenters. The Morgan fingerprint density at radius 3 is 2.06 bits per heavy atom. The maximum absolute atomic E-state index is 13.6. The van der Waals surface area contributed by atoms with Gasteiger partial charge in [-0.2, -0.15) is 0 Å². The summed E-state index contributed by atoms with van der Waals surface area (Å²) in [5.74, 6) is 0.0167. The summed E-state index contributed by atoms with van der Waals surface area (Å²) in [6.07, 6.45) is 0. The van der Waals surface area contributed by atoms with E-state index in [0.29, 0.717) is 38.9 Å². The molecule has 5 aromatic rings. The third-order valence-corrected chi connectivity index (χ3v) is 5.91. The van der Waals surface area contributed by atoms with E-state index in [2.05, 4.69) is 0 Å². The first-order chi connectivity index (χ1) is 15.6. The van der Waals surface area contributed by atoms with Gasteiger partial charge in [-0.15, -0.1) is 0 Å². The predicted octanol–water partition coefficient (Wildman–Crippen LogP) is 4.52. The van der Waals surface area contributed by atoms with Crippen LogP contribution in [0.3, 0.4) is 0 Å². The van der Waals surface area contributed by atoms with Gasteiger partial charge in [0.25, 0.3) is 0 Å². The number of hydrogen-bond acceptors (Lipinski definition) is 5. The molecule has 3 aromatic carbocycles. The van der Waals surface area contributed by atoms with Crippen molar-refractivity contribution in [3.63, 3.8) is 0 Å². The van der Waals surface area contributed by atoms with Crippen molar-refractivity contribution in [3.8, 4) is 11.4 Å². The number of nitrogens with zero attached hydrogens (tertiary/aromatic N) is 1. The lowest BCUT2D eigenvalue weighted by Crippen LogP contribution is -2.22. The van der Waals surface area contributed by atoms with Gasteiger partial charge < -0.3 is 13.7 Å². The third-order valence-electron chi connectivity index (χ3n) is 5.91.